The molecule has 0 aromatic heterocycles. The Morgan fingerprint density at radius 1 is 1.26 bits per heavy atom. The van der Waals surface area contributed by atoms with Crippen LogP contribution in [-0.4, -0.2) is 31.1 Å². The molecule has 1 atom stereocenters. The number of nitrogens with one attached hydrogen (secondary N) is 2. The average Bonchev–Trinajstić information content (AvgIpc) is 3.20. The van der Waals surface area contributed by atoms with E-state index in [0.717, 1.165) is 31.6 Å². The maximum Gasteiger partial charge on any atom is 0.257 e. The van der Waals surface area contributed by atoms with Gasteiger partial charge < -0.3 is 10.1 Å². The van der Waals surface area contributed by atoms with Gasteiger partial charge in [-0.05, 0) is 61.2 Å². The Morgan fingerprint density at radius 3 is 2.78 bits per heavy atom. The maximum atomic E-state index is 12.6. The minimum atomic E-state index is -0.239. The highest BCUT2D eigenvalue weighted by atomic mass is 35.5. The smallest absolute Gasteiger partial charge is 0.257 e. The molecule has 0 radical (unpaired) electrons. The van der Waals surface area contributed by atoms with Crippen LogP contribution < -0.4 is 10.6 Å². The maximum absolute atomic E-state index is 12.6. The molecule has 3 rings (SSSR count). The zero-order chi connectivity index (χ0) is 19.1. The van der Waals surface area contributed by atoms with E-state index in [1.165, 1.54) is 5.56 Å². The van der Waals surface area contributed by atoms with Crippen molar-refractivity contribution in [1.29, 1.82) is 0 Å². The molecule has 0 bridgehead atoms. The number of carbonyl (C=O) groups is 1. The zero-order valence-corrected chi connectivity index (χ0v) is 16.1. The molecule has 1 amide bonds. The van der Waals surface area contributed by atoms with Gasteiger partial charge in [-0.2, -0.15) is 0 Å². The normalized spacial score (nSPS) is 17.0. The molecule has 0 spiro atoms. The topological polar surface area (TPSA) is 62.7 Å². The van der Waals surface area contributed by atoms with Gasteiger partial charge in [-0.1, -0.05) is 30.7 Å². The van der Waals surface area contributed by atoms with Crippen molar-refractivity contribution in [1.82, 2.24) is 5.32 Å². The molecule has 6 heteroatoms. The molecule has 2 N–H and O–H groups in total. The first-order valence-corrected chi connectivity index (χ1v) is 9.61. The summed E-state index contributed by atoms with van der Waals surface area (Å²) >= 11 is 5.90. The van der Waals surface area contributed by atoms with Crippen LogP contribution in [0.5, 0.6) is 0 Å². The van der Waals surface area contributed by atoms with E-state index in [9.17, 15) is 4.79 Å². The first-order chi connectivity index (χ1) is 13.1. The van der Waals surface area contributed by atoms with Crippen molar-refractivity contribution in [3.05, 3.63) is 64.7 Å². The highest BCUT2D eigenvalue weighted by molar-refractivity contribution is 6.30. The summed E-state index contributed by atoms with van der Waals surface area (Å²) in [7, 11) is 0. The largest absolute Gasteiger partial charge is 0.376 e. The van der Waals surface area contributed by atoms with E-state index in [4.69, 9.17) is 16.3 Å². The molecular formula is C21H24ClN3O2. The number of aliphatic imine (C=N–C) groups is 1. The number of ether oxygens (including phenoxy) is 1. The minimum absolute atomic E-state index is 0.108. The average molecular weight is 386 g/mol. The second-order valence-corrected chi connectivity index (χ2v) is 6.90. The van der Waals surface area contributed by atoms with Crippen LogP contribution in [0.25, 0.3) is 0 Å². The van der Waals surface area contributed by atoms with Crippen LogP contribution in [0.2, 0.25) is 5.02 Å². The standard InChI is InChI=1S/C21H24ClN3O2/c1-2-15-5-3-6-18(13-15)24-21(23-14-19-7-4-12-27-19)25-20(26)16-8-10-17(22)11-9-16/h3,5-6,8-11,13,19H,2,4,7,12,14H2,1H3,(H2,23,24,25,26)/t19-/m0/s1. The SMILES string of the molecule is CCc1cccc(NC(=NC[C@@H]2CCCO2)NC(=O)c2ccc(Cl)cc2)c1. The molecule has 27 heavy (non-hydrogen) atoms. The van der Waals surface area contributed by atoms with Crippen LogP contribution in [-0.2, 0) is 11.2 Å². The molecule has 0 aliphatic carbocycles. The van der Waals surface area contributed by atoms with Crippen LogP contribution in [0, 0.1) is 0 Å². The number of hydrogen-bond acceptors (Lipinski definition) is 3. The third-order valence-corrected chi connectivity index (χ3v) is 4.67. The van der Waals surface area contributed by atoms with Gasteiger partial charge in [-0.3, -0.25) is 10.1 Å². The summed E-state index contributed by atoms with van der Waals surface area (Å²) in [5.74, 6) is 0.176. The Hall–Kier alpha value is -2.37. The molecule has 1 saturated heterocycles. The Kier molecular flexibility index (Phi) is 6.85. The Balaban J connectivity index is 1.74. The molecule has 5 nitrogen and oxygen atoms in total. The van der Waals surface area contributed by atoms with Crippen molar-refractivity contribution in [3.63, 3.8) is 0 Å². The number of aryl methyl sites for hydroxylation is 1. The molecule has 2 aromatic rings. The van der Waals surface area contributed by atoms with Gasteiger partial charge in [0.15, 0.2) is 0 Å². The summed E-state index contributed by atoms with van der Waals surface area (Å²) in [5.41, 5.74) is 2.62. The lowest BCUT2D eigenvalue weighted by Gasteiger charge is -2.14. The molecule has 142 valence electrons. The molecule has 0 unspecified atom stereocenters. The Morgan fingerprint density at radius 2 is 2.07 bits per heavy atom. The number of amides is 1. The number of carbonyl (C=O) groups excluding carboxylic acids is 1. The van der Waals surface area contributed by atoms with E-state index in [1.54, 1.807) is 24.3 Å². The quantitative estimate of drug-likeness (QED) is 0.596. The van der Waals surface area contributed by atoms with Crippen molar-refractivity contribution >= 4 is 29.2 Å². The van der Waals surface area contributed by atoms with Crippen LogP contribution in [0.1, 0.15) is 35.7 Å². The van der Waals surface area contributed by atoms with E-state index in [0.29, 0.717) is 23.1 Å². The summed E-state index contributed by atoms with van der Waals surface area (Å²) in [6.07, 6.45) is 3.09. The summed E-state index contributed by atoms with van der Waals surface area (Å²) < 4.78 is 5.63. The number of benzene rings is 2. The van der Waals surface area contributed by atoms with Crippen molar-refractivity contribution < 1.29 is 9.53 Å². The molecule has 0 saturated carbocycles. The van der Waals surface area contributed by atoms with E-state index < -0.39 is 0 Å². The van der Waals surface area contributed by atoms with Crippen LogP contribution in [0.4, 0.5) is 5.69 Å². The summed E-state index contributed by atoms with van der Waals surface area (Å²) in [6, 6.07) is 14.8. The number of rotatable bonds is 5. The number of nitrogens with zero attached hydrogens (tertiary/aromatic N) is 1. The lowest BCUT2D eigenvalue weighted by Crippen LogP contribution is -2.36. The van der Waals surface area contributed by atoms with Crippen LogP contribution >= 0.6 is 11.6 Å². The fraction of sp³-hybridized carbons (Fsp3) is 0.333. The lowest BCUT2D eigenvalue weighted by atomic mass is 10.1. The first-order valence-electron chi connectivity index (χ1n) is 9.23. The molecule has 1 aliphatic rings. The van der Waals surface area contributed by atoms with Crippen molar-refractivity contribution in [2.45, 2.75) is 32.3 Å². The predicted octanol–water partition coefficient (Wildman–Crippen LogP) is 4.28. The number of hydrogen-bond donors (Lipinski definition) is 2. The van der Waals surface area contributed by atoms with E-state index in [-0.39, 0.29) is 12.0 Å². The van der Waals surface area contributed by atoms with Crippen molar-refractivity contribution in [2.75, 3.05) is 18.5 Å². The van der Waals surface area contributed by atoms with Gasteiger partial charge in [-0.25, -0.2) is 4.99 Å². The third kappa shape index (κ3) is 5.81. The zero-order valence-electron chi connectivity index (χ0n) is 15.4. The lowest BCUT2D eigenvalue weighted by molar-refractivity contribution is 0.0975. The summed E-state index contributed by atoms with van der Waals surface area (Å²) in [4.78, 5) is 17.1. The molecule has 1 fully saturated rings. The minimum Gasteiger partial charge on any atom is -0.376 e. The van der Waals surface area contributed by atoms with E-state index >= 15 is 0 Å². The Bertz CT molecular complexity index is 799. The van der Waals surface area contributed by atoms with Gasteiger partial charge in [0.1, 0.15) is 0 Å². The predicted molar refractivity (Wildman–Crippen MR) is 110 cm³/mol. The van der Waals surface area contributed by atoms with Crippen molar-refractivity contribution in [2.24, 2.45) is 4.99 Å². The van der Waals surface area contributed by atoms with Gasteiger partial charge in [0.2, 0.25) is 5.96 Å². The van der Waals surface area contributed by atoms with Gasteiger partial charge in [-0.15, -0.1) is 0 Å². The van der Waals surface area contributed by atoms with Crippen molar-refractivity contribution in [3.8, 4) is 0 Å². The van der Waals surface area contributed by atoms with Gasteiger partial charge in [0, 0.05) is 22.9 Å². The van der Waals surface area contributed by atoms with E-state index in [2.05, 4.69) is 34.7 Å². The Labute approximate surface area is 164 Å². The fourth-order valence-electron chi connectivity index (χ4n) is 2.88. The molecule has 2 aromatic carbocycles. The molecular weight excluding hydrogens is 362 g/mol. The highest BCUT2D eigenvalue weighted by Gasteiger charge is 2.16. The van der Waals surface area contributed by atoms with Gasteiger partial charge in [0.25, 0.3) is 5.91 Å². The molecule has 1 heterocycles. The molecule has 1 aliphatic heterocycles. The van der Waals surface area contributed by atoms with Crippen LogP contribution in [0.3, 0.4) is 0 Å². The second-order valence-electron chi connectivity index (χ2n) is 6.46. The fourth-order valence-corrected chi connectivity index (χ4v) is 3.00. The summed E-state index contributed by atoms with van der Waals surface area (Å²) in [5, 5.41) is 6.68. The first kappa shape index (κ1) is 19.4. The number of halogens is 1. The van der Waals surface area contributed by atoms with E-state index in [1.807, 2.05) is 12.1 Å². The third-order valence-electron chi connectivity index (χ3n) is 4.41. The monoisotopic (exact) mass is 385 g/mol. The number of anilines is 1. The second kappa shape index (κ2) is 9.53. The number of guanidine groups is 1. The summed E-state index contributed by atoms with van der Waals surface area (Å²) in [6.45, 7) is 3.39. The van der Waals surface area contributed by atoms with Gasteiger partial charge >= 0.3 is 0 Å². The van der Waals surface area contributed by atoms with Crippen LogP contribution in [0.15, 0.2) is 53.5 Å². The van der Waals surface area contributed by atoms with Gasteiger partial charge in [0.05, 0.1) is 12.6 Å². The highest BCUT2D eigenvalue weighted by Crippen LogP contribution is 2.14.